The fraction of sp³-hybridized carbons (Fsp3) is 0.158. The normalized spacial score (nSPS) is 12.3. The zero-order valence-corrected chi connectivity index (χ0v) is 15.5. The van der Waals surface area contributed by atoms with Gasteiger partial charge in [0, 0.05) is 11.6 Å². The minimum atomic E-state index is -3.42. The van der Waals surface area contributed by atoms with E-state index in [1.54, 1.807) is 31.2 Å². The summed E-state index contributed by atoms with van der Waals surface area (Å²) in [6, 6.07) is 10.8. The molecule has 0 amide bonds. The number of benzene rings is 2. The summed E-state index contributed by atoms with van der Waals surface area (Å²) in [5.41, 5.74) is -0.100. The highest BCUT2D eigenvalue weighted by Crippen LogP contribution is 2.21. The van der Waals surface area contributed by atoms with E-state index in [2.05, 4.69) is 4.98 Å². The first kappa shape index (κ1) is 18.7. The second kappa shape index (κ2) is 7.24. The van der Waals surface area contributed by atoms with Gasteiger partial charge < -0.3 is 14.3 Å². The van der Waals surface area contributed by atoms with E-state index in [1.807, 2.05) is 0 Å². The van der Waals surface area contributed by atoms with Gasteiger partial charge in [-0.25, -0.2) is 18.2 Å². The van der Waals surface area contributed by atoms with Crippen LogP contribution in [0.3, 0.4) is 0 Å². The van der Waals surface area contributed by atoms with Crippen molar-refractivity contribution in [1.29, 1.82) is 0 Å². The first-order chi connectivity index (χ1) is 12.8. The predicted octanol–water partition coefficient (Wildman–Crippen LogP) is 3.05. The molecule has 0 aliphatic carbocycles. The van der Waals surface area contributed by atoms with E-state index in [0.29, 0.717) is 11.3 Å². The molecule has 0 saturated carbocycles. The van der Waals surface area contributed by atoms with E-state index in [9.17, 15) is 18.3 Å². The zero-order chi connectivity index (χ0) is 19.6. The Hall–Kier alpha value is -3.13. The highest BCUT2D eigenvalue weighted by molar-refractivity contribution is 7.91. The van der Waals surface area contributed by atoms with Crippen molar-refractivity contribution in [2.75, 3.05) is 12.9 Å². The van der Waals surface area contributed by atoms with Crippen molar-refractivity contribution in [3.05, 3.63) is 64.1 Å². The molecule has 2 aromatic carbocycles. The largest absolute Gasteiger partial charge is 0.507 e. The highest BCUT2D eigenvalue weighted by Gasteiger charge is 2.14. The van der Waals surface area contributed by atoms with E-state index in [-0.39, 0.29) is 33.2 Å². The molecule has 0 atom stereocenters. The molecule has 1 aromatic heterocycles. The quantitative estimate of drug-likeness (QED) is 0.671. The van der Waals surface area contributed by atoms with Crippen molar-refractivity contribution in [3.8, 4) is 5.75 Å². The van der Waals surface area contributed by atoms with Crippen LogP contribution in [0.2, 0.25) is 0 Å². The number of methoxy groups -OCH3 is 1. The maximum absolute atomic E-state index is 12.1. The Kier molecular flexibility index (Phi) is 5.00. The van der Waals surface area contributed by atoms with Crippen molar-refractivity contribution in [3.63, 3.8) is 0 Å². The first-order valence-corrected chi connectivity index (χ1v) is 9.72. The molecule has 0 aliphatic rings. The Morgan fingerprint density at radius 2 is 2.04 bits per heavy atom. The molecule has 0 fully saturated rings. The standard InChI is InChI=1S/C19H17NO6S/c1-3-27(23,24)14-7-8-18-15(10-14)20-16(19(22)26-18)11-17(21)12-5-4-6-13(9-12)25-2/h4-11,21H,3H2,1-2H3. The van der Waals surface area contributed by atoms with Crippen LogP contribution in [0.25, 0.3) is 22.9 Å². The summed E-state index contributed by atoms with van der Waals surface area (Å²) in [6.45, 7) is 1.54. The molecule has 3 aromatic rings. The number of hydrogen-bond acceptors (Lipinski definition) is 7. The van der Waals surface area contributed by atoms with Gasteiger partial charge in [-0.3, -0.25) is 0 Å². The molecule has 140 valence electrons. The Balaban J connectivity index is 2.10. The van der Waals surface area contributed by atoms with Crippen LogP contribution in [0.5, 0.6) is 5.75 Å². The van der Waals surface area contributed by atoms with E-state index in [1.165, 1.54) is 31.4 Å². The molecule has 1 heterocycles. The molecule has 0 unspecified atom stereocenters. The molecule has 0 bridgehead atoms. The second-order valence-corrected chi connectivity index (χ2v) is 7.96. The summed E-state index contributed by atoms with van der Waals surface area (Å²) >= 11 is 0. The maximum atomic E-state index is 12.1. The number of nitrogens with zero attached hydrogens (tertiary/aromatic N) is 1. The molecule has 3 rings (SSSR count). The summed E-state index contributed by atoms with van der Waals surface area (Å²) in [6.07, 6.45) is 1.17. The summed E-state index contributed by atoms with van der Waals surface area (Å²) < 4.78 is 34.4. The van der Waals surface area contributed by atoms with E-state index in [0.717, 1.165) is 0 Å². The summed E-state index contributed by atoms with van der Waals surface area (Å²) in [5.74, 6) is 0.282. The van der Waals surface area contributed by atoms with E-state index < -0.39 is 15.5 Å². The van der Waals surface area contributed by atoms with E-state index >= 15 is 0 Å². The van der Waals surface area contributed by atoms with Gasteiger partial charge in [-0.2, -0.15) is 0 Å². The van der Waals surface area contributed by atoms with Gasteiger partial charge in [0.15, 0.2) is 21.1 Å². The molecule has 8 heteroatoms. The Morgan fingerprint density at radius 3 is 2.74 bits per heavy atom. The Labute approximate surface area is 155 Å². The number of hydrogen-bond donors (Lipinski definition) is 1. The van der Waals surface area contributed by atoms with Gasteiger partial charge in [-0.1, -0.05) is 19.1 Å². The van der Waals surface area contributed by atoms with Gasteiger partial charge in [0.2, 0.25) is 0 Å². The molecule has 7 nitrogen and oxygen atoms in total. The molecular weight excluding hydrogens is 370 g/mol. The van der Waals surface area contributed by atoms with Crippen molar-refractivity contribution < 1.29 is 22.7 Å². The van der Waals surface area contributed by atoms with Gasteiger partial charge in [-0.05, 0) is 30.3 Å². The van der Waals surface area contributed by atoms with Gasteiger partial charge in [0.1, 0.15) is 17.0 Å². The lowest BCUT2D eigenvalue weighted by Crippen LogP contribution is -2.08. The fourth-order valence-corrected chi connectivity index (χ4v) is 3.34. The van der Waals surface area contributed by atoms with Crippen LogP contribution in [0.4, 0.5) is 0 Å². The van der Waals surface area contributed by atoms with Crippen LogP contribution in [0.15, 0.2) is 56.6 Å². The molecule has 0 spiro atoms. The molecule has 1 N–H and O–H groups in total. The van der Waals surface area contributed by atoms with Crippen LogP contribution < -0.4 is 10.4 Å². The van der Waals surface area contributed by atoms with Crippen LogP contribution in [-0.2, 0) is 9.84 Å². The SMILES string of the molecule is CCS(=O)(=O)c1ccc2oc(=O)c(C=C(O)c3cccc(OC)c3)nc2c1. The number of fused-ring (bicyclic) bond motifs is 1. The predicted molar refractivity (Wildman–Crippen MR) is 101 cm³/mol. The number of aliphatic hydroxyl groups excluding tert-OH is 1. The van der Waals surface area contributed by atoms with Gasteiger partial charge in [-0.15, -0.1) is 0 Å². The lowest BCUT2D eigenvalue weighted by atomic mass is 10.1. The topological polar surface area (TPSA) is 107 Å². The first-order valence-electron chi connectivity index (χ1n) is 8.07. The molecule has 0 aliphatic heterocycles. The zero-order valence-electron chi connectivity index (χ0n) is 14.7. The third-order valence-corrected chi connectivity index (χ3v) is 5.69. The Bertz CT molecular complexity index is 1190. The average Bonchev–Trinajstić information content (AvgIpc) is 2.68. The monoisotopic (exact) mass is 387 g/mol. The third kappa shape index (κ3) is 3.85. The minimum absolute atomic E-state index is 0.0569. The summed E-state index contributed by atoms with van der Waals surface area (Å²) in [7, 11) is -1.92. The average molecular weight is 387 g/mol. The number of rotatable bonds is 5. The van der Waals surface area contributed by atoms with Gasteiger partial charge in [0.05, 0.1) is 17.8 Å². The van der Waals surface area contributed by atoms with Crippen LogP contribution in [0, 0.1) is 0 Å². The molecule has 27 heavy (non-hydrogen) atoms. The molecular formula is C19H17NO6S. The van der Waals surface area contributed by atoms with Crippen LogP contribution in [-0.4, -0.2) is 31.4 Å². The van der Waals surface area contributed by atoms with Gasteiger partial charge in [0.25, 0.3) is 0 Å². The third-order valence-electron chi connectivity index (χ3n) is 3.96. The number of ether oxygens (including phenoxy) is 1. The van der Waals surface area contributed by atoms with Crippen LogP contribution >= 0.6 is 0 Å². The van der Waals surface area contributed by atoms with Crippen molar-refractivity contribution in [1.82, 2.24) is 4.98 Å². The summed E-state index contributed by atoms with van der Waals surface area (Å²) in [5, 5.41) is 10.3. The van der Waals surface area contributed by atoms with E-state index in [4.69, 9.17) is 9.15 Å². The molecule has 0 saturated heterocycles. The lowest BCUT2D eigenvalue weighted by Gasteiger charge is -2.05. The Morgan fingerprint density at radius 1 is 1.26 bits per heavy atom. The van der Waals surface area contributed by atoms with Crippen LogP contribution in [0.1, 0.15) is 18.2 Å². The lowest BCUT2D eigenvalue weighted by molar-refractivity contribution is 0.414. The van der Waals surface area contributed by atoms with Crippen molar-refractivity contribution in [2.24, 2.45) is 0 Å². The maximum Gasteiger partial charge on any atom is 0.362 e. The van der Waals surface area contributed by atoms with Gasteiger partial charge >= 0.3 is 5.63 Å². The van der Waals surface area contributed by atoms with Crippen molar-refractivity contribution in [2.45, 2.75) is 11.8 Å². The minimum Gasteiger partial charge on any atom is -0.507 e. The molecule has 0 radical (unpaired) electrons. The number of aromatic nitrogens is 1. The fourth-order valence-electron chi connectivity index (χ4n) is 2.44. The van der Waals surface area contributed by atoms with Crippen molar-refractivity contribution >= 4 is 32.8 Å². The summed E-state index contributed by atoms with van der Waals surface area (Å²) in [4.78, 5) is 16.4. The second-order valence-electron chi connectivity index (χ2n) is 5.68. The smallest absolute Gasteiger partial charge is 0.362 e. The number of sulfone groups is 1. The number of aliphatic hydroxyl groups is 1. The highest BCUT2D eigenvalue weighted by atomic mass is 32.2.